The van der Waals surface area contributed by atoms with E-state index in [-0.39, 0.29) is 11.3 Å². The van der Waals surface area contributed by atoms with Crippen molar-refractivity contribution in [1.29, 1.82) is 5.26 Å². The molecule has 3 N–H and O–H groups in total. The summed E-state index contributed by atoms with van der Waals surface area (Å²) in [6, 6.07) is 11.3. The summed E-state index contributed by atoms with van der Waals surface area (Å²) >= 11 is 1.33. The van der Waals surface area contributed by atoms with Gasteiger partial charge < -0.3 is 15.6 Å². The van der Waals surface area contributed by atoms with Gasteiger partial charge in [-0.1, -0.05) is 6.92 Å². The van der Waals surface area contributed by atoms with E-state index in [1.54, 1.807) is 35.0 Å². The van der Waals surface area contributed by atoms with Crippen LogP contribution in [0.3, 0.4) is 0 Å². The molecule has 0 saturated heterocycles. The number of rotatable bonds is 6. The molecule has 1 aliphatic rings. The number of nitro groups is 1. The quantitative estimate of drug-likeness (QED) is 0.237. The van der Waals surface area contributed by atoms with Gasteiger partial charge in [0, 0.05) is 34.6 Å². The highest BCUT2D eigenvalue weighted by Gasteiger charge is 2.27. The average molecular weight is 476 g/mol. The second kappa shape index (κ2) is 9.33. The van der Waals surface area contributed by atoms with Crippen molar-refractivity contribution in [3.8, 4) is 11.8 Å². The van der Waals surface area contributed by atoms with Gasteiger partial charge in [-0.15, -0.1) is 11.3 Å². The van der Waals surface area contributed by atoms with Crippen LogP contribution in [0.1, 0.15) is 39.8 Å². The van der Waals surface area contributed by atoms with Gasteiger partial charge in [0.05, 0.1) is 10.5 Å². The Kier molecular flexibility index (Phi) is 6.30. The number of anilines is 1. The fourth-order valence-corrected chi connectivity index (χ4v) is 5.46. The van der Waals surface area contributed by atoms with E-state index in [4.69, 9.17) is 5.73 Å². The first-order valence-corrected chi connectivity index (χ1v) is 11.4. The molecule has 3 aromatic rings. The molecule has 1 aromatic carbocycles. The van der Waals surface area contributed by atoms with Gasteiger partial charge >= 0.3 is 0 Å². The van der Waals surface area contributed by atoms with E-state index in [1.165, 1.54) is 29.5 Å². The van der Waals surface area contributed by atoms with E-state index in [0.717, 1.165) is 29.7 Å². The number of hydrogen-bond acceptors (Lipinski definition) is 6. The van der Waals surface area contributed by atoms with E-state index in [2.05, 4.69) is 12.2 Å². The zero-order valence-corrected chi connectivity index (χ0v) is 19.1. The number of aromatic nitrogens is 1. The summed E-state index contributed by atoms with van der Waals surface area (Å²) in [4.78, 5) is 36.5. The number of hydrogen-bond donors (Lipinski definition) is 2. The molecule has 4 rings (SSSR count). The van der Waals surface area contributed by atoms with E-state index >= 15 is 0 Å². The summed E-state index contributed by atoms with van der Waals surface area (Å²) < 4.78 is 1.70. The van der Waals surface area contributed by atoms with Crippen molar-refractivity contribution in [2.75, 3.05) is 5.32 Å². The zero-order valence-electron chi connectivity index (χ0n) is 18.3. The third kappa shape index (κ3) is 4.46. The molecule has 172 valence electrons. The first kappa shape index (κ1) is 22.9. The number of nitrogens with one attached hydrogen (secondary N) is 1. The molecule has 0 bridgehead atoms. The molecule has 9 nitrogen and oxygen atoms in total. The Bertz CT molecular complexity index is 1360. The lowest BCUT2D eigenvalue weighted by Crippen LogP contribution is -2.20. The first-order valence-electron chi connectivity index (χ1n) is 10.6. The van der Waals surface area contributed by atoms with Gasteiger partial charge in [0.2, 0.25) is 0 Å². The number of primary amides is 1. The lowest BCUT2D eigenvalue weighted by molar-refractivity contribution is -0.384. The Morgan fingerprint density at radius 2 is 2.06 bits per heavy atom. The monoisotopic (exact) mass is 475 g/mol. The van der Waals surface area contributed by atoms with E-state index in [1.807, 2.05) is 6.07 Å². The minimum Gasteiger partial charge on any atom is -0.365 e. The second-order valence-electron chi connectivity index (χ2n) is 8.12. The molecular weight excluding hydrogens is 454 g/mol. The van der Waals surface area contributed by atoms with Crippen LogP contribution in [0, 0.1) is 27.4 Å². The maximum atomic E-state index is 13.0. The number of nitriles is 1. The average Bonchev–Trinajstić information content (AvgIpc) is 3.40. The second-order valence-corrected chi connectivity index (χ2v) is 9.23. The Morgan fingerprint density at radius 3 is 2.71 bits per heavy atom. The smallest absolute Gasteiger partial charge is 0.269 e. The number of carbonyl (C=O) groups excluding carboxylic acids is 2. The van der Waals surface area contributed by atoms with E-state index in [9.17, 15) is 25.0 Å². The Balaban J connectivity index is 1.63. The maximum Gasteiger partial charge on any atom is 0.269 e. The molecule has 10 heteroatoms. The van der Waals surface area contributed by atoms with Crippen LogP contribution in [0.15, 0.2) is 48.2 Å². The van der Waals surface area contributed by atoms with Crippen molar-refractivity contribution < 1.29 is 14.5 Å². The number of non-ortho nitro benzene ring substituents is 1. The molecule has 2 aromatic heterocycles. The molecule has 0 spiro atoms. The normalized spacial score (nSPS) is 15.3. The third-order valence-corrected chi connectivity index (χ3v) is 6.93. The minimum atomic E-state index is -0.645. The molecule has 0 fully saturated rings. The first-order chi connectivity index (χ1) is 16.3. The van der Waals surface area contributed by atoms with Crippen molar-refractivity contribution in [2.24, 2.45) is 11.7 Å². The predicted molar refractivity (Wildman–Crippen MR) is 129 cm³/mol. The van der Waals surface area contributed by atoms with Crippen molar-refractivity contribution in [2.45, 2.75) is 26.2 Å². The van der Waals surface area contributed by atoms with Gasteiger partial charge in [-0.2, -0.15) is 5.26 Å². The summed E-state index contributed by atoms with van der Waals surface area (Å²) in [5.41, 5.74) is 7.81. The number of thiophene rings is 1. The summed E-state index contributed by atoms with van der Waals surface area (Å²) in [6.07, 6.45) is 5.64. The van der Waals surface area contributed by atoms with Crippen LogP contribution in [0.2, 0.25) is 0 Å². The Hall–Kier alpha value is -4.23. The molecule has 1 aliphatic carbocycles. The Morgan fingerprint density at radius 1 is 1.32 bits per heavy atom. The van der Waals surface area contributed by atoms with Crippen LogP contribution in [-0.4, -0.2) is 21.3 Å². The summed E-state index contributed by atoms with van der Waals surface area (Å²) in [5.74, 6) is -0.762. The lowest BCUT2D eigenvalue weighted by atomic mass is 9.88. The van der Waals surface area contributed by atoms with Crippen LogP contribution in [0.25, 0.3) is 11.8 Å². The highest BCUT2D eigenvalue weighted by molar-refractivity contribution is 7.17. The molecule has 2 heterocycles. The zero-order chi connectivity index (χ0) is 24.4. The predicted octanol–water partition coefficient (Wildman–Crippen LogP) is 4.22. The number of nitro benzene ring substituents is 1. The minimum absolute atomic E-state index is 0.0385. The number of amides is 2. The SMILES string of the molecule is C[C@@H]1CCc2c(sc(NC(=O)/C(C#N)=C/c3cccn3-c3ccc([N+](=O)[O-])cc3)c2C(N)=O)C1. The van der Waals surface area contributed by atoms with Gasteiger partial charge in [0.1, 0.15) is 16.6 Å². The topological polar surface area (TPSA) is 144 Å². The summed E-state index contributed by atoms with van der Waals surface area (Å²) in [7, 11) is 0. The van der Waals surface area contributed by atoms with Gasteiger partial charge in [-0.3, -0.25) is 19.7 Å². The number of carbonyl (C=O) groups is 2. The summed E-state index contributed by atoms with van der Waals surface area (Å²) in [6.45, 7) is 2.14. The molecule has 34 heavy (non-hydrogen) atoms. The highest BCUT2D eigenvalue weighted by atomic mass is 32.1. The van der Waals surface area contributed by atoms with Crippen LogP contribution >= 0.6 is 11.3 Å². The number of nitrogens with zero attached hydrogens (tertiary/aromatic N) is 3. The standard InChI is InChI=1S/C24H21N5O4S/c1-14-4-9-19-20(11-14)34-24(21(19)22(26)30)27-23(31)15(13-25)12-18-3-2-10-28(18)16-5-7-17(8-6-16)29(32)33/h2-3,5-8,10,12,14H,4,9,11H2,1H3,(H2,26,30)(H,27,31)/b15-12+/t14-/m1/s1. The van der Waals surface area contributed by atoms with Crippen LogP contribution < -0.4 is 11.1 Å². The molecule has 0 saturated carbocycles. The fraction of sp³-hybridized carbons (Fsp3) is 0.208. The number of benzene rings is 1. The molecular formula is C24H21N5O4S. The van der Waals surface area contributed by atoms with Gasteiger partial charge in [-0.05, 0) is 61.1 Å². The maximum absolute atomic E-state index is 13.0. The van der Waals surface area contributed by atoms with Gasteiger partial charge in [0.25, 0.3) is 17.5 Å². The number of nitrogens with two attached hydrogens (primary N) is 1. The largest absolute Gasteiger partial charge is 0.365 e. The number of fused-ring (bicyclic) bond motifs is 1. The molecule has 1 atom stereocenters. The molecule has 0 radical (unpaired) electrons. The third-order valence-electron chi connectivity index (χ3n) is 5.76. The molecule has 0 unspecified atom stereocenters. The molecule has 0 aliphatic heterocycles. The fourth-order valence-electron chi connectivity index (χ4n) is 4.05. The Labute approximate surface area is 199 Å². The van der Waals surface area contributed by atoms with Gasteiger partial charge in [-0.25, -0.2) is 0 Å². The van der Waals surface area contributed by atoms with Crippen LogP contribution in [0.5, 0.6) is 0 Å². The van der Waals surface area contributed by atoms with Crippen molar-refractivity contribution >= 4 is 39.9 Å². The van der Waals surface area contributed by atoms with Crippen molar-refractivity contribution in [3.63, 3.8) is 0 Å². The van der Waals surface area contributed by atoms with E-state index < -0.39 is 16.7 Å². The highest BCUT2D eigenvalue weighted by Crippen LogP contribution is 2.39. The van der Waals surface area contributed by atoms with Crippen molar-refractivity contribution in [1.82, 2.24) is 4.57 Å². The van der Waals surface area contributed by atoms with Crippen molar-refractivity contribution in [3.05, 3.63) is 80.0 Å². The molecule has 2 amide bonds. The summed E-state index contributed by atoms with van der Waals surface area (Å²) in [5, 5.41) is 23.6. The van der Waals surface area contributed by atoms with Crippen LogP contribution in [0.4, 0.5) is 10.7 Å². The lowest BCUT2D eigenvalue weighted by Gasteiger charge is -2.18. The van der Waals surface area contributed by atoms with Crippen LogP contribution in [-0.2, 0) is 17.6 Å². The van der Waals surface area contributed by atoms with Gasteiger partial charge in [0.15, 0.2) is 0 Å². The van der Waals surface area contributed by atoms with E-state index in [0.29, 0.717) is 27.9 Å².